The number of carboxylic acid groups (broad SMARTS) is 2. The van der Waals surface area contributed by atoms with Crippen LogP contribution in [0.15, 0.2) is 0 Å². The van der Waals surface area contributed by atoms with Crippen molar-refractivity contribution in [2.75, 3.05) is 19.4 Å². The van der Waals surface area contributed by atoms with Crippen LogP contribution in [0, 0.1) is 5.92 Å². The largest absolute Gasteiger partial charge is 0.481 e. The molecule has 16 heavy (non-hydrogen) atoms. The molecule has 0 saturated carbocycles. The topological polar surface area (TPSA) is 110 Å². The molecule has 0 atom stereocenters. The number of carbonyl (C=O) groups is 2. The highest BCUT2D eigenvalue weighted by atomic mass is 31.2. The Morgan fingerprint density at radius 3 is 1.75 bits per heavy atom. The highest BCUT2D eigenvalue weighted by Gasteiger charge is 2.36. The van der Waals surface area contributed by atoms with Crippen molar-refractivity contribution in [3.63, 3.8) is 0 Å². The fourth-order valence-corrected chi connectivity index (χ4v) is 2.85. The van der Waals surface area contributed by atoms with E-state index in [1.807, 2.05) is 0 Å². The molecule has 0 aromatic rings. The first-order chi connectivity index (χ1) is 7.36. The van der Waals surface area contributed by atoms with Gasteiger partial charge in [-0.2, -0.15) is 0 Å². The molecule has 8 heteroatoms. The first-order valence-corrected chi connectivity index (χ1v) is 6.42. The lowest BCUT2D eigenvalue weighted by Crippen LogP contribution is -2.27. The third-order valence-corrected chi connectivity index (χ3v) is 3.77. The Bertz CT molecular complexity index is 277. The molecule has 0 aliphatic heterocycles. The van der Waals surface area contributed by atoms with Crippen LogP contribution in [0.1, 0.15) is 13.8 Å². The third kappa shape index (κ3) is 4.74. The average molecular weight is 254 g/mol. The van der Waals surface area contributed by atoms with Gasteiger partial charge in [0, 0.05) is 0 Å². The summed E-state index contributed by atoms with van der Waals surface area (Å²) in [6.45, 7) is 3.23. The van der Waals surface area contributed by atoms with Crippen LogP contribution < -0.4 is 0 Å². The smallest absolute Gasteiger partial charge is 0.332 e. The Labute approximate surface area is 92.9 Å². The third-order valence-electron chi connectivity index (χ3n) is 1.65. The molecule has 0 unspecified atom stereocenters. The van der Waals surface area contributed by atoms with Crippen LogP contribution in [0.2, 0.25) is 0 Å². The quantitative estimate of drug-likeness (QED) is 0.491. The normalized spacial score (nSPS) is 11.7. The van der Waals surface area contributed by atoms with E-state index < -0.39 is 31.6 Å². The lowest BCUT2D eigenvalue weighted by atomic mass is 10.2. The van der Waals surface area contributed by atoms with E-state index in [0.717, 1.165) is 0 Å². The zero-order valence-electron chi connectivity index (χ0n) is 9.08. The maximum atomic E-state index is 11.9. The van der Waals surface area contributed by atoms with Crippen LogP contribution in [0.3, 0.4) is 0 Å². The number of rotatable bonds is 8. The second-order valence-electron chi connectivity index (χ2n) is 2.86. The van der Waals surface area contributed by atoms with Gasteiger partial charge in [-0.25, -0.2) is 0 Å². The molecular formula is C8H15O7P. The summed E-state index contributed by atoms with van der Waals surface area (Å²) < 4.78 is 21.5. The summed E-state index contributed by atoms with van der Waals surface area (Å²) in [5.41, 5.74) is 0. The standard InChI is InChI=1S/C8H15O7P/c1-3-14-16(13,15-4-2)5-6(7(9)10)8(11)12/h6H,3-5H2,1-2H3,(H,9,10)(H,11,12). The summed E-state index contributed by atoms with van der Waals surface area (Å²) in [6.07, 6.45) is -0.667. The van der Waals surface area contributed by atoms with Crippen molar-refractivity contribution in [1.29, 1.82) is 0 Å². The monoisotopic (exact) mass is 254 g/mol. The molecule has 0 spiro atoms. The van der Waals surface area contributed by atoms with E-state index in [1.54, 1.807) is 13.8 Å². The molecule has 0 aliphatic carbocycles. The van der Waals surface area contributed by atoms with Crippen LogP contribution >= 0.6 is 7.60 Å². The van der Waals surface area contributed by atoms with Gasteiger partial charge in [-0.3, -0.25) is 14.2 Å². The van der Waals surface area contributed by atoms with Crippen molar-refractivity contribution < 1.29 is 33.4 Å². The Balaban J connectivity index is 4.77. The lowest BCUT2D eigenvalue weighted by Gasteiger charge is -2.18. The molecule has 0 saturated heterocycles. The van der Waals surface area contributed by atoms with Crippen molar-refractivity contribution in [3.05, 3.63) is 0 Å². The van der Waals surface area contributed by atoms with Gasteiger partial charge in [0.1, 0.15) is 0 Å². The zero-order chi connectivity index (χ0) is 12.8. The maximum absolute atomic E-state index is 11.9. The van der Waals surface area contributed by atoms with E-state index in [0.29, 0.717) is 0 Å². The molecule has 0 rings (SSSR count). The van der Waals surface area contributed by atoms with E-state index in [9.17, 15) is 14.2 Å². The number of carboxylic acids is 2. The Morgan fingerprint density at radius 1 is 1.12 bits per heavy atom. The zero-order valence-corrected chi connectivity index (χ0v) is 9.98. The van der Waals surface area contributed by atoms with Crippen LogP contribution in [0.25, 0.3) is 0 Å². The Hall–Kier alpha value is -0.910. The van der Waals surface area contributed by atoms with Crippen LogP contribution in [0.4, 0.5) is 0 Å². The summed E-state index contributed by atoms with van der Waals surface area (Å²) in [5.74, 6) is -4.91. The molecule has 0 radical (unpaired) electrons. The SMILES string of the molecule is CCOP(=O)(CC(C(=O)O)C(=O)O)OCC. The Kier molecular flexibility index (Phi) is 6.25. The van der Waals surface area contributed by atoms with Gasteiger partial charge < -0.3 is 19.3 Å². The average Bonchev–Trinajstić information content (AvgIpc) is 2.14. The van der Waals surface area contributed by atoms with Gasteiger partial charge in [-0.05, 0) is 13.8 Å². The summed E-state index contributed by atoms with van der Waals surface area (Å²) in [4.78, 5) is 21.2. The van der Waals surface area contributed by atoms with Crippen LogP contribution in [0.5, 0.6) is 0 Å². The summed E-state index contributed by atoms with van der Waals surface area (Å²) >= 11 is 0. The Morgan fingerprint density at radius 2 is 1.50 bits per heavy atom. The first-order valence-electron chi connectivity index (χ1n) is 4.70. The first kappa shape index (κ1) is 15.1. The summed E-state index contributed by atoms with van der Waals surface area (Å²) in [6, 6.07) is 0. The van der Waals surface area contributed by atoms with Crippen LogP contribution in [-0.4, -0.2) is 41.5 Å². The van der Waals surface area contributed by atoms with Gasteiger partial charge >= 0.3 is 19.5 Å². The lowest BCUT2D eigenvalue weighted by molar-refractivity contribution is -0.153. The molecule has 0 heterocycles. The molecule has 94 valence electrons. The highest BCUT2D eigenvalue weighted by Crippen LogP contribution is 2.49. The van der Waals surface area contributed by atoms with Crippen molar-refractivity contribution in [1.82, 2.24) is 0 Å². The number of aliphatic carboxylic acids is 2. The highest BCUT2D eigenvalue weighted by molar-refractivity contribution is 7.53. The minimum atomic E-state index is -3.64. The van der Waals surface area contributed by atoms with Crippen LogP contribution in [-0.2, 0) is 23.2 Å². The van der Waals surface area contributed by atoms with E-state index in [4.69, 9.17) is 19.3 Å². The van der Waals surface area contributed by atoms with E-state index in [-0.39, 0.29) is 13.2 Å². The minimum Gasteiger partial charge on any atom is -0.481 e. The summed E-state index contributed by atoms with van der Waals surface area (Å²) in [7, 11) is -3.64. The molecule has 2 N–H and O–H groups in total. The van der Waals surface area contributed by atoms with Crippen molar-refractivity contribution >= 4 is 19.5 Å². The molecule has 0 aliphatic rings. The van der Waals surface area contributed by atoms with E-state index in [2.05, 4.69) is 0 Å². The predicted octanol–water partition coefficient (Wildman–Crippen LogP) is 1.04. The molecule has 0 aromatic carbocycles. The van der Waals surface area contributed by atoms with Gasteiger partial charge in [-0.15, -0.1) is 0 Å². The van der Waals surface area contributed by atoms with Crippen molar-refractivity contribution in [2.45, 2.75) is 13.8 Å². The van der Waals surface area contributed by atoms with Crippen molar-refractivity contribution in [3.8, 4) is 0 Å². The van der Waals surface area contributed by atoms with E-state index >= 15 is 0 Å². The molecule has 0 aromatic heterocycles. The predicted molar refractivity (Wildman–Crippen MR) is 54.5 cm³/mol. The van der Waals surface area contributed by atoms with Gasteiger partial charge in [0.05, 0.1) is 19.4 Å². The molecule has 0 bridgehead atoms. The van der Waals surface area contributed by atoms with Gasteiger partial charge in [0.15, 0.2) is 5.92 Å². The maximum Gasteiger partial charge on any atom is 0.332 e. The van der Waals surface area contributed by atoms with Gasteiger partial charge in [0.25, 0.3) is 0 Å². The van der Waals surface area contributed by atoms with Gasteiger partial charge in [-0.1, -0.05) is 0 Å². The number of hydrogen-bond donors (Lipinski definition) is 2. The molecular weight excluding hydrogens is 239 g/mol. The number of hydrogen-bond acceptors (Lipinski definition) is 5. The second kappa shape index (κ2) is 6.62. The molecule has 0 amide bonds. The van der Waals surface area contributed by atoms with Gasteiger partial charge in [0.2, 0.25) is 0 Å². The van der Waals surface area contributed by atoms with Crippen molar-refractivity contribution in [2.24, 2.45) is 5.92 Å². The molecule has 0 fully saturated rings. The fourth-order valence-electron chi connectivity index (χ4n) is 1.02. The molecule has 7 nitrogen and oxygen atoms in total. The second-order valence-corrected chi connectivity index (χ2v) is 4.96. The van der Waals surface area contributed by atoms with E-state index in [1.165, 1.54) is 0 Å². The minimum absolute atomic E-state index is 0.0588. The fraction of sp³-hybridized carbons (Fsp3) is 0.750. The summed E-state index contributed by atoms with van der Waals surface area (Å²) in [5, 5.41) is 17.3.